The molecule has 1 heterocycles. The van der Waals surface area contributed by atoms with Crippen molar-refractivity contribution >= 4 is 0 Å². The highest BCUT2D eigenvalue weighted by Crippen LogP contribution is 2.42. The summed E-state index contributed by atoms with van der Waals surface area (Å²) in [6.45, 7) is 2.75. The molecule has 4 nitrogen and oxygen atoms in total. The van der Waals surface area contributed by atoms with E-state index in [1.807, 2.05) is 0 Å². The highest BCUT2D eigenvalue weighted by Gasteiger charge is 2.43. The molecule has 2 fully saturated rings. The lowest BCUT2D eigenvalue weighted by Gasteiger charge is -2.32. The molecule has 1 saturated heterocycles. The second-order valence-corrected chi connectivity index (χ2v) is 12.3. The molecular weight excluding hydrogens is 655 g/mol. The second kappa shape index (κ2) is 15.1. The van der Waals surface area contributed by atoms with Crippen molar-refractivity contribution in [1.82, 2.24) is 0 Å². The van der Waals surface area contributed by atoms with Crippen molar-refractivity contribution in [1.29, 1.82) is 0 Å². The van der Waals surface area contributed by atoms with Crippen molar-refractivity contribution in [3.8, 4) is 16.9 Å². The Morgan fingerprint density at radius 3 is 1.96 bits per heavy atom. The topological polar surface area (TPSA) is 36.9 Å². The van der Waals surface area contributed by atoms with Crippen molar-refractivity contribution in [2.75, 3.05) is 13.2 Å². The van der Waals surface area contributed by atoms with Gasteiger partial charge in [0.05, 0.1) is 19.3 Å². The second-order valence-electron chi connectivity index (χ2n) is 12.3. The van der Waals surface area contributed by atoms with Gasteiger partial charge in [-0.1, -0.05) is 44.4 Å². The molecule has 0 N–H and O–H groups in total. The average molecular weight is 691 g/mol. The zero-order valence-electron chi connectivity index (χ0n) is 26.0. The average Bonchev–Trinajstić information content (AvgIpc) is 3.01. The Morgan fingerprint density at radius 1 is 0.729 bits per heavy atom. The monoisotopic (exact) mass is 690 g/mol. The number of halogens is 9. The molecule has 0 bridgehead atoms. The Hall–Kier alpha value is -3.29. The van der Waals surface area contributed by atoms with E-state index in [-0.39, 0.29) is 41.4 Å². The predicted molar refractivity (Wildman–Crippen MR) is 157 cm³/mol. The van der Waals surface area contributed by atoms with Gasteiger partial charge in [0.25, 0.3) is 0 Å². The van der Waals surface area contributed by atoms with E-state index in [1.54, 1.807) is 6.07 Å². The van der Waals surface area contributed by atoms with E-state index in [0.29, 0.717) is 31.6 Å². The Morgan fingerprint density at radius 2 is 1.38 bits per heavy atom. The van der Waals surface area contributed by atoms with Crippen LogP contribution in [0.3, 0.4) is 0 Å². The molecular formula is C35H35F9O4. The summed E-state index contributed by atoms with van der Waals surface area (Å²) in [6, 6.07) is 8.22. The fraction of sp³-hybridized carbons (Fsp3) is 0.486. The van der Waals surface area contributed by atoms with E-state index < -0.39 is 59.4 Å². The lowest BCUT2D eigenvalue weighted by molar-refractivity contribution is -0.280. The molecule has 262 valence electrons. The lowest BCUT2D eigenvalue weighted by Crippen LogP contribution is -2.31. The molecule has 0 amide bonds. The van der Waals surface area contributed by atoms with Crippen LogP contribution in [0.15, 0.2) is 48.5 Å². The highest BCUT2D eigenvalue weighted by molar-refractivity contribution is 5.65. The van der Waals surface area contributed by atoms with Gasteiger partial charge in [-0.25, -0.2) is 17.6 Å². The largest absolute Gasteiger partial charge is 0.573 e. The quantitative estimate of drug-likeness (QED) is 0.148. The van der Waals surface area contributed by atoms with Crippen LogP contribution in [0.2, 0.25) is 0 Å². The van der Waals surface area contributed by atoms with Gasteiger partial charge < -0.3 is 18.9 Å². The normalized spacial score (nSPS) is 22.1. The summed E-state index contributed by atoms with van der Waals surface area (Å²) >= 11 is 0. The lowest BCUT2D eigenvalue weighted by atomic mass is 9.82. The number of rotatable bonds is 11. The van der Waals surface area contributed by atoms with Crippen LogP contribution in [0.4, 0.5) is 39.5 Å². The van der Waals surface area contributed by atoms with Crippen LogP contribution >= 0.6 is 0 Å². The number of alkyl halides is 5. The van der Waals surface area contributed by atoms with Gasteiger partial charge in [0.1, 0.15) is 23.0 Å². The minimum absolute atomic E-state index is 0.0110. The summed E-state index contributed by atoms with van der Waals surface area (Å²) in [5.74, 6) is -6.21. The number of hydrogen-bond donors (Lipinski definition) is 0. The summed E-state index contributed by atoms with van der Waals surface area (Å²) in [6.07, 6.45) is -6.63. The van der Waals surface area contributed by atoms with Crippen molar-refractivity contribution in [3.05, 3.63) is 88.5 Å². The van der Waals surface area contributed by atoms with Crippen LogP contribution in [-0.4, -0.2) is 25.7 Å². The Kier molecular flexibility index (Phi) is 11.3. The van der Waals surface area contributed by atoms with Crippen molar-refractivity contribution in [3.63, 3.8) is 0 Å². The van der Waals surface area contributed by atoms with E-state index >= 15 is 13.2 Å². The first-order valence-electron chi connectivity index (χ1n) is 15.9. The molecule has 0 aromatic heterocycles. The number of unbranched alkanes of at least 4 members (excludes halogenated alkanes) is 2. The van der Waals surface area contributed by atoms with Crippen molar-refractivity contribution in [2.24, 2.45) is 5.92 Å². The SMILES string of the molecule is CCCCCC1COC(c2cc(F)c(C(F)(F)OC3CCC(c4ccc(-c5ccc(OC(F)(F)F)c(F)c5)c(F)c4)CC3)c(F)c2)OC1. The molecule has 3 aromatic carbocycles. The summed E-state index contributed by atoms with van der Waals surface area (Å²) in [4.78, 5) is 0. The van der Waals surface area contributed by atoms with E-state index in [9.17, 15) is 26.3 Å². The first kappa shape index (κ1) is 36.0. The van der Waals surface area contributed by atoms with Crippen LogP contribution < -0.4 is 4.74 Å². The molecule has 13 heteroatoms. The summed E-state index contributed by atoms with van der Waals surface area (Å²) < 4.78 is 146. The van der Waals surface area contributed by atoms with Gasteiger partial charge in [-0.3, -0.25) is 0 Å². The minimum atomic E-state index is -5.09. The predicted octanol–water partition coefficient (Wildman–Crippen LogP) is 10.8. The van der Waals surface area contributed by atoms with Gasteiger partial charge >= 0.3 is 12.5 Å². The molecule has 48 heavy (non-hydrogen) atoms. The van der Waals surface area contributed by atoms with Crippen LogP contribution in [0.5, 0.6) is 5.75 Å². The molecule has 2 aliphatic rings. The zero-order valence-corrected chi connectivity index (χ0v) is 26.0. The molecule has 5 rings (SSSR count). The fourth-order valence-electron chi connectivity index (χ4n) is 6.27. The van der Waals surface area contributed by atoms with Crippen molar-refractivity contribution < 1.29 is 58.5 Å². The van der Waals surface area contributed by atoms with E-state index in [0.717, 1.165) is 56.0 Å². The Bertz CT molecular complexity index is 1520. The zero-order chi connectivity index (χ0) is 34.6. The molecule has 0 atom stereocenters. The summed E-state index contributed by atoms with van der Waals surface area (Å²) in [7, 11) is 0. The molecule has 1 aliphatic carbocycles. The minimum Gasteiger partial charge on any atom is -0.403 e. The number of hydrogen-bond acceptors (Lipinski definition) is 4. The fourth-order valence-corrected chi connectivity index (χ4v) is 6.27. The Labute approximate surface area is 272 Å². The summed E-state index contributed by atoms with van der Waals surface area (Å²) in [5, 5.41) is 0. The maximum atomic E-state index is 15.1. The van der Waals surface area contributed by atoms with E-state index in [4.69, 9.17) is 14.2 Å². The third-order valence-electron chi connectivity index (χ3n) is 8.73. The highest BCUT2D eigenvalue weighted by atomic mass is 19.4. The molecule has 0 radical (unpaired) electrons. The maximum Gasteiger partial charge on any atom is 0.573 e. The number of ether oxygens (including phenoxy) is 4. The van der Waals surface area contributed by atoms with Gasteiger partial charge in [-0.2, -0.15) is 8.78 Å². The van der Waals surface area contributed by atoms with Crippen LogP contribution in [0, 0.1) is 29.2 Å². The molecule has 0 spiro atoms. The van der Waals surface area contributed by atoms with Crippen molar-refractivity contribution in [2.45, 2.75) is 89.1 Å². The Balaban J connectivity index is 1.17. The van der Waals surface area contributed by atoms with Gasteiger partial charge in [0.15, 0.2) is 17.9 Å². The molecule has 1 aliphatic heterocycles. The first-order chi connectivity index (χ1) is 22.7. The maximum absolute atomic E-state index is 15.1. The standard InChI is InChI=1S/C35H35F9O4/c1-2-3-4-5-20-18-45-33(46-19-20)24-16-29(38)32(30(39)17-24)34(40,41)47-25-10-6-21(7-11-25)22-8-12-26(27(36)14-22)23-9-13-31(28(37)15-23)48-35(42,43)44/h8-9,12-17,20-21,25,33H,2-7,10-11,18-19H2,1H3. The van der Waals surface area contributed by atoms with Gasteiger partial charge in [-0.15, -0.1) is 13.2 Å². The van der Waals surface area contributed by atoms with Gasteiger partial charge in [0, 0.05) is 17.0 Å². The number of benzene rings is 3. The third-order valence-corrected chi connectivity index (χ3v) is 8.73. The molecule has 0 unspecified atom stereocenters. The summed E-state index contributed by atoms with van der Waals surface area (Å²) in [5.41, 5.74) is -1.09. The van der Waals surface area contributed by atoms with Gasteiger partial charge in [0.2, 0.25) is 0 Å². The first-order valence-corrected chi connectivity index (χ1v) is 15.9. The smallest absolute Gasteiger partial charge is 0.403 e. The van der Waals surface area contributed by atoms with Crippen LogP contribution in [-0.2, 0) is 20.3 Å². The van der Waals surface area contributed by atoms with Crippen LogP contribution in [0.25, 0.3) is 11.1 Å². The van der Waals surface area contributed by atoms with E-state index in [2.05, 4.69) is 11.7 Å². The van der Waals surface area contributed by atoms with Crippen LogP contribution in [0.1, 0.15) is 87.2 Å². The van der Waals surface area contributed by atoms with E-state index in [1.165, 1.54) is 12.1 Å². The van der Waals surface area contributed by atoms with Gasteiger partial charge in [-0.05, 0) is 79.5 Å². The molecule has 3 aromatic rings. The third kappa shape index (κ3) is 8.83. The molecule has 1 saturated carbocycles.